The van der Waals surface area contributed by atoms with Crippen molar-refractivity contribution in [2.75, 3.05) is 5.75 Å². The van der Waals surface area contributed by atoms with Crippen LogP contribution in [0.25, 0.3) is 0 Å². The first-order chi connectivity index (χ1) is 10.7. The summed E-state index contributed by atoms with van der Waals surface area (Å²) in [5, 5.41) is 3.05. The van der Waals surface area contributed by atoms with Crippen LogP contribution in [-0.2, 0) is 11.2 Å². The molecular formula is C18H18FNOS. The van der Waals surface area contributed by atoms with Crippen molar-refractivity contribution in [2.24, 2.45) is 0 Å². The number of halogens is 1. The van der Waals surface area contributed by atoms with E-state index in [-0.39, 0.29) is 17.8 Å². The first kappa shape index (κ1) is 15.1. The van der Waals surface area contributed by atoms with Crippen LogP contribution < -0.4 is 5.32 Å². The lowest BCUT2D eigenvalue weighted by atomic mass is 10.0. The summed E-state index contributed by atoms with van der Waals surface area (Å²) >= 11 is 1.72. The van der Waals surface area contributed by atoms with Crippen LogP contribution in [0.3, 0.4) is 0 Å². The molecule has 0 radical (unpaired) electrons. The Morgan fingerprint density at radius 1 is 1.23 bits per heavy atom. The predicted molar refractivity (Wildman–Crippen MR) is 87.4 cm³/mol. The number of fused-ring (bicyclic) bond motifs is 1. The van der Waals surface area contributed by atoms with Gasteiger partial charge in [0.25, 0.3) is 0 Å². The number of hydrogen-bond acceptors (Lipinski definition) is 2. The van der Waals surface area contributed by atoms with Crippen LogP contribution in [0.15, 0.2) is 53.4 Å². The maximum Gasteiger partial charge on any atom is 0.220 e. The average molecular weight is 315 g/mol. The zero-order chi connectivity index (χ0) is 15.4. The number of amides is 1. The zero-order valence-electron chi connectivity index (χ0n) is 12.2. The van der Waals surface area contributed by atoms with E-state index in [1.165, 1.54) is 6.07 Å². The number of rotatable bonds is 4. The van der Waals surface area contributed by atoms with Crippen molar-refractivity contribution in [3.05, 3.63) is 65.5 Å². The zero-order valence-corrected chi connectivity index (χ0v) is 13.0. The minimum atomic E-state index is -0.246. The van der Waals surface area contributed by atoms with E-state index in [0.717, 1.165) is 34.6 Å². The fraction of sp³-hybridized carbons (Fsp3) is 0.278. The monoisotopic (exact) mass is 315 g/mol. The van der Waals surface area contributed by atoms with E-state index >= 15 is 0 Å². The Balaban J connectivity index is 1.62. The summed E-state index contributed by atoms with van der Waals surface area (Å²) in [5.41, 5.74) is 2.06. The Hall–Kier alpha value is -1.81. The van der Waals surface area contributed by atoms with Gasteiger partial charge in [-0.1, -0.05) is 30.3 Å². The number of benzene rings is 2. The SMILES string of the molecule is O=C(CCc1ccccc1)N[C@H]1CCSc2ccc(F)cc21. The fourth-order valence-electron chi connectivity index (χ4n) is 2.68. The second kappa shape index (κ2) is 6.97. The molecule has 3 rings (SSSR count). The molecule has 1 atom stereocenters. The first-order valence-electron chi connectivity index (χ1n) is 7.48. The van der Waals surface area contributed by atoms with Crippen LogP contribution in [0, 0.1) is 5.82 Å². The molecule has 2 nitrogen and oxygen atoms in total. The Morgan fingerprint density at radius 2 is 2.05 bits per heavy atom. The van der Waals surface area contributed by atoms with Crippen LogP contribution in [0.1, 0.15) is 30.0 Å². The molecule has 0 aliphatic carbocycles. The molecule has 1 aliphatic rings. The summed E-state index contributed by atoms with van der Waals surface area (Å²) in [4.78, 5) is 13.2. The molecule has 22 heavy (non-hydrogen) atoms. The molecule has 4 heteroatoms. The summed E-state index contributed by atoms with van der Waals surface area (Å²) < 4.78 is 13.5. The molecule has 0 fully saturated rings. The fourth-order valence-corrected chi connectivity index (χ4v) is 3.79. The number of carbonyl (C=O) groups excluding carboxylic acids is 1. The third kappa shape index (κ3) is 3.69. The molecule has 0 saturated carbocycles. The third-order valence-corrected chi connectivity index (χ3v) is 4.95. The van der Waals surface area contributed by atoms with E-state index < -0.39 is 0 Å². The largest absolute Gasteiger partial charge is 0.349 e. The molecule has 1 amide bonds. The summed E-state index contributed by atoms with van der Waals surface area (Å²) in [7, 11) is 0. The Morgan fingerprint density at radius 3 is 2.86 bits per heavy atom. The third-order valence-electron chi connectivity index (χ3n) is 3.83. The minimum absolute atomic E-state index is 0.0240. The Kier molecular flexibility index (Phi) is 4.78. The molecule has 2 aromatic rings. The summed E-state index contributed by atoms with van der Waals surface area (Å²) in [6.45, 7) is 0. The van der Waals surface area contributed by atoms with Gasteiger partial charge in [-0.3, -0.25) is 4.79 Å². The van der Waals surface area contributed by atoms with E-state index in [1.54, 1.807) is 23.9 Å². The van der Waals surface area contributed by atoms with Gasteiger partial charge in [0.05, 0.1) is 6.04 Å². The molecule has 0 saturated heterocycles. The van der Waals surface area contributed by atoms with Gasteiger partial charge < -0.3 is 5.32 Å². The number of carbonyl (C=O) groups is 1. The molecular weight excluding hydrogens is 297 g/mol. The van der Waals surface area contributed by atoms with E-state index in [9.17, 15) is 9.18 Å². The number of aryl methyl sites for hydroxylation is 1. The molecule has 0 unspecified atom stereocenters. The molecule has 1 N–H and O–H groups in total. The molecule has 0 aromatic heterocycles. The van der Waals surface area contributed by atoms with E-state index in [4.69, 9.17) is 0 Å². The van der Waals surface area contributed by atoms with Gasteiger partial charge in [-0.2, -0.15) is 0 Å². The average Bonchev–Trinajstić information content (AvgIpc) is 2.54. The van der Waals surface area contributed by atoms with Crippen LogP contribution in [0.4, 0.5) is 4.39 Å². The molecule has 0 spiro atoms. The molecule has 2 aromatic carbocycles. The minimum Gasteiger partial charge on any atom is -0.349 e. The summed E-state index contributed by atoms with van der Waals surface area (Å²) in [6.07, 6.45) is 2.03. The van der Waals surface area contributed by atoms with Crippen LogP contribution in [-0.4, -0.2) is 11.7 Å². The molecule has 0 bridgehead atoms. The van der Waals surface area contributed by atoms with E-state index in [0.29, 0.717) is 6.42 Å². The van der Waals surface area contributed by atoms with Gasteiger partial charge in [0.15, 0.2) is 0 Å². The first-order valence-corrected chi connectivity index (χ1v) is 8.46. The highest BCUT2D eigenvalue weighted by Gasteiger charge is 2.22. The maximum atomic E-state index is 13.5. The van der Waals surface area contributed by atoms with Crippen molar-refractivity contribution in [1.29, 1.82) is 0 Å². The van der Waals surface area contributed by atoms with Crippen molar-refractivity contribution >= 4 is 17.7 Å². The molecule has 1 aliphatic heterocycles. The topological polar surface area (TPSA) is 29.1 Å². The molecule has 114 valence electrons. The highest BCUT2D eigenvalue weighted by molar-refractivity contribution is 7.99. The predicted octanol–water partition coefficient (Wildman–Crippen LogP) is 4.11. The lowest BCUT2D eigenvalue weighted by Crippen LogP contribution is -2.30. The van der Waals surface area contributed by atoms with Crippen LogP contribution in [0.5, 0.6) is 0 Å². The second-order valence-corrected chi connectivity index (χ2v) is 6.56. The van der Waals surface area contributed by atoms with Gasteiger partial charge in [0.2, 0.25) is 5.91 Å². The van der Waals surface area contributed by atoms with Gasteiger partial charge >= 0.3 is 0 Å². The van der Waals surface area contributed by atoms with Crippen molar-refractivity contribution in [3.8, 4) is 0 Å². The van der Waals surface area contributed by atoms with Crippen LogP contribution in [0.2, 0.25) is 0 Å². The lowest BCUT2D eigenvalue weighted by molar-refractivity contribution is -0.121. The van der Waals surface area contributed by atoms with E-state index in [2.05, 4.69) is 5.32 Å². The maximum absolute atomic E-state index is 13.5. The van der Waals surface area contributed by atoms with E-state index in [1.807, 2.05) is 30.3 Å². The smallest absolute Gasteiger partial charge is 0.220 e. The number of nitrogens with one attached hydrogen (secondary N) is 1. The van der Waals surface area contributed by atoms with Crippen molar-refractivity contribution in [3.63, 3.8) is 0 Å². The van der Waals surface area contributed by atoms with Gasteiger partial charge in [-0.05, 0) is 42.2 Å². The highest BCUT2D eigenvalue weighted by Crippen LogP contribution is 2.36. The number of thioether (sulfide) groups is 1. The van der Waals surface area contributed by atoms with Crippen LogP contribution >= 0.6 is 11.8 Å². The quantitative estimate of drug-likeness (QED) is 0.920. The standard InChI is InChI=1S/C18H18FNOS/c19-14-7-8-17-15(12-14)16(10-11-22-17)20-18(21)9-6-13-4-2-1-3-5-13/h1-5,7-8,12,16H,6,9-11H2,(H,20,21)/t16-/m0/s1. The highest BCUT2D eigenvalue weighted by atomic mass is 32.2. The summed E-state index contributed by atoms with van der Waals surface area (Å²) in [6, 6.07) is 14.7. The molecule has 1 heterocycles. The van der Waals surface area contributed by atoms with Crippen molar-refractivity contribution < 1.29 is 9.18 Å². The normalized spacial score (nSPS) is 16.9. The van der Waals surface area contributed by atoms with Gasteiger partial charge in [0, 0.05) is 17.1 Å². The van der Waals surface area contributed by atoms with Crippen molar-refractivity contribution in [2.45, 2.75) is 30.2 Å². The van der Waals surface area contributed by atoms with Gasteiger partial charge in [-0.25, -0.2) is 4.39 Å². The second-order valence-electron chi connectivity index (χ2n) is 5.42. The Labute approximate surface area is 134 Å². The summed E-state index contributed by atoms with van der Waals surface area (Å²) in [5.74, 6) is 0.725. The van der Waals surface area contributed by atoms with Gasteiger partial charge in [-0.15, -0.1) is 11.8 Å². The van der Waals surface area contributed by atoms with Crippen molar-refractivity contribution in [1.82, 2.24) is 5.32 Å². The van der Waals surface area contributed by atoms with Gasteiger partial charge in [0.1, 0.15) is 5.82 Å². The Bertz CT molecular complexity index is 659. The number of hydrogen-bond donors (Lipinski definition) is 1. The lowest BCUT2D eigenvalue weighted by Gasteiger charge is -2.26.